The van der Waals surface area contributed by atoms with Gasteiger partial charge in [-0.15, -0.1) is 0 Å². The third kappa shape index (κ3) is 2.10. The second-order valence-corrected chi connectivity index (χ2v) is 5.18. The minimum atomic E-state index is -0.406. The molecular formula is C13H17ClN2O2. The molecule has 1 aromatic rings. The van der Waals surface area contributed by atoms with E-state index < -0.39 is 5.56 Å². The van der Waals surface area contributed by atoms with Gasteiger partial charge in [-0.3, -0.25) is 0 Å². The molecule has 0 bridgehead atoms. The van der Waals surface area contributed by atoms with Crippen LogP contribution in [0.2, 0.25) is 0 Å². The lowest BCUT2D eigenvalue weighted by Crippen LogP contribution is -2.50. The summed E-state index contributed by atoms with van der Waals surface area (Å²) in [4.78, 5) is 2.34. The first-order valence-corrected chi connectivity index (χ1v) is 6.73. The molecule has 1 aromatic carbocycles. The van der Waals surface area contributed by atoms with Gasteiger partial charge in [-0.1, -0.05) is 17.7 Å². The second-order valence-electron chi connectivity index (χ2n) is 4.69. The van der Waals surface area contributed by atoms with Crippen molar-refractivity contribution >= 4 is 17.3 Å². The second kappa shape index (κ2) is 4.86. The molecule has 2 heterocycles. The van der Waals surface area contributed by atoms with Crippen molar-refractivity contribution in [2.75, 3.05) is 31.1 Å². The van der Waals surface area contributed by atoms with Gasteiger partial charge in [-0.2, -0.15) is 0 Å². The summed E-state index contributed by atoms with van der Waals surface area (Å²) in [5.74, 6) is 1.56. The zero-order chi connectivity index (χ0) is 12.5. The van der Waals surface area contributed by atoms with E-state index in [2.05, 4.69) is 23.2 Å². The van der Waals surface area contributed by atoms with Crippen LogP contribution in [0.4, 0.5) is 5.69 Å². The highest BCUT2D eigenvalue weighted by Crippen LogP contribution is 2.41. The number of para-hydroxylation sites is 1. The summed E-state index contributed by atoms with van der Waals surface area (Å²) >= 11 is 6.01. The number of benzene rings is 1. The topological polar surface area (TPSA) is 33.7 Å². The van der Waals surface area contributed by atoms with Crippen LogP contribution in [-0.2, 0) is 0 Å². The molecule has 0 radical (unpaired) electrons. The molecule has 0 amide bonds. The number of hydrogen-bond acceptors (Lipinski definition) is 4. The number of piperazine rings is 1. The Morgan fingerprint density at radius 3 is 3.17 bits per heavy atom. The van der Waals surface area contributed by atoms with Gasteiger partial charge in [0.25, 0.3) is 0 Å². The van der Waals surface area contributed by atoms with Crippen molar-refractivity contribution in [2.45, 2.75) is 18.5 Å². The molecule has 4 nitrogen and oxygen atoms in total. The number of anilines is 1. The zero-order valence-corrected chi connectivity index (χ0v) is 11.1. The van der Waals surface area contributed by atoms with Crippen molar-refractivity contribution in [3.8, 4) is 11.5 Å². The third-order valence-corrected chi connectivity index (χ3v) is 3.60. The van der Waals surface area contributed by atoms with Crippen LogP contribution in [0.25, 0.3) is 0 Å². The van der Waals surface area contributed by atoms with Crippen LogP contribution >= 0.6 is 11.6 Å². The number of ether oxygens (including phenoxy) is 2. The van der Waals surface area contributed by atoms with Crippen LogP contribution in [0.15, 0.2) is 18.2 Å². The molecule has 3 rings (SSSR count). The van der Waals surface area contributed by atoms with E-state index in [9.17, 15) is 0 Å². The maximum absolute atomic E-state index is 6.01. The fourth-order valence-electron chi connectivity index (χ4n) is 2.48. The molecule has 0 aliphatic carbocycles. The molecule has 0 spiro atoms. The highest BCUT2D eigenvalue weighted by Gasteiger charge is 2.27. The van der Waals surface area contributed by atoms with Crippen molar-refractivity contribution in [2.24, 2.45) is 0 Å². The van der Waals surface area contributed by atoms with E-state index in [1.165, 1.54) is 0 Å². The molecule has 2 unspecified atom stereocenters. The Morgan fingerprint density at radius 2 is 2.33 bits per heavy atom. The Balaban J connectivity index is 1.96. The van der Waals surface area contributed by atoms with Crippen LogP contribution in [0.5, 0.6) is 11.5 Å². The average Bonchev–Trinajstić information content (AvgIpc) is 2.39. The molecular weight excluding hydrogens is 252 g/mol. The van der Waals surface area contributed by atoms with Crippen molar-refractivity contribution < 1.29 is 9.47 Å². The van der Waals surface area contributed by atoms with Crippen molar-refractivity contribution in [3.05, 3.63) is 18.2 Å². The summed E-state index contributed by atoms with van der Waals surface area (Å²) < 4.78 is 11.3. The number of rotatable bonds is 1. The zero-order valence-electron chi connectivity index (χ0n) is 10.4. The molecule has 2 aliphatic heterocycles. The van der Waals surface area contributed by atoms with Crippen LogP contribution in [0, 0.1) is 0 Å². The minimum absolute atomic E-state index is 0.398. The number of alkyl halides is 1. The van der Waals surface area contributed by atoms with Gasteiger partial charge in [0, 0.05) is 25.7 Å². The van der Waals surface area contributed by atoms with Crippen LogP contribution < -0.4 is 19.7 Å². The molecule has 2 atom stereocenters. The summed E-state index contributed by atoms with van der Waals surface area (Å²) in [5, 5.41) is 3.38. The monoisotopic (exact) mass is 268 g/mol. The highest BCUT2D eigenvalue weighted by molar-refractivity contribution is 6.20. The average molecular weight is 269 g/mol. The predicted octanol–water partition coefficient (Wildman–Crippen LogP) is 1.82. The fraction of sp³-hybridized carbons (Fsp3) is 0.538. The highest BCUT2D eigenvalue weighted by atomic mass is 35.5. The smallest absolute Gasteiger partial charge is 0.206 e. The van der Waals surface area contributed by atoms with E-state index in [1.54, 1.807) is 0 Å². The number of nitrogens with one attached hydrogen (secondary N) is 1. The van der Waals surface area contributed by atoms with Crippen LogP contribution in [0.3, 0.4) is 0 Å². The van der Waals surface area contributed by atoms with E-state index in [0.717, 1.165) is 36.8 Å². The van der Waals surface area contributed by atoms with Gasteiger partial charge in [0.15, 0.2) is 11.5 Å². The third-order valence-electron chi connectivity index (χ3n) is 3.38. The standard InChI is InChI=1S/C13H17ClN2O2/c1-9-7-15-5-6-16(9)10-3-2-4-11-13(10)18-12(14)8-17-11/h2-4,9,12,15H,5-8H2,1H3. The summed E-state index contributed by atoms with van der Waals surface area (Å²) in [6, 6.07) is 6.43. The normalized spacial score (nSPS) is 27.1. The van der Waals surface area contributed by atoms with E-state index in [1.807, 2.05) is 12.1 Å². The van der Waals surface area contributed by atoms with Gasteiger partial charge in [-0.05, 0) is 19.1 Å². The molecule has 2 aliphatic rings. The summed E-state index contributed by atoms with van der Waals surface area (Å²) in [6.45, 7) is 5.53. The Morgan fingerprint density at radius 1 is 1.44 bits per heavy atom. The minimum Gasteiger partial charge on any atom is -0.484 e. The first-order chi connectivity index (χ1) is 8.75. The first-order valence-electron chi connectivity index (χ1n) is 6.29. The number of hydrogen-bond donors (Lipinski definition) is 1. The Bertz CT molecular complexity index is 441. The van der Waals surface area contributed by atoms with Crippen LogP contribution in [-0.4, -0.2) is 37.8 Å². The van der Waals surface area contributed by atoms with Gasteiger partial charge in [0.1, 0.15) is 6.61 Å². The fourth-order valence-corrected chi connectivity index (χ4v) is 2.63. The molecule has 0 aromatic heterocycles. The van der Waals surface area contributed by atoms with E-state index >= 15 is 0 Å². The summed E-state index contributed by atoms with van der Waals surface area (Å²) in [6.07, 6.45) is 0. The van der Waals surface area contributed by atoms with E-state index in [0.29, 0.717) is 12.6 Å². The summed E-state index contributed by atoms with van der Waals surface area (Å²) in [5.41, 5.74) is 0.670. The Hall–Kier alpha value is -1.13. The molecule has 1 saturated heterocycles. The lowest BCUT2D eigenvalue weighted by molar-refractivity contribution is 0.144. The van der Waals surface area contributed by atoms with E-state index in [4.69, 9.17) is 21.1 Å². The number of nitrogens with zero attached hydrogens (tertiary/aromatic N) is 1. The SMILES string of the molecule is CC1CNCCN1c1cccc2c1OC(Cl)CO2. The lowest BCUT2D eigenvalue weighted by Gasteiger charge is -2.38. The summed E-state index contributed by atoms with van der Waals surface area (Å²) in [7, 11) is 0. The first kappa shape index (κ1) is 11.9. The van der Waals surface area contributed by atoms with Gasteiger partial charge >= 0.3 is 0 Å². The van der Waals surface area contributed by atoms with Gasteiger partial charge in [0.05, 0.1) is 5.69 Å². The quantitative estimate of drug-likeness (QED) is 0.788. The van der Waals surface area contributed by atoms with Crippen molar-refractivity contribution in [1.29, 1.82) is 0 Å². The van der Waals surface area contributed by atoms with Crippen molar-refractivity contribution in [3.63, 3.8) is 0 Å². The molecule has 0 saturated carbocycles. The molecule has 18 heavy (non-hydrogen) atoms. The maximum Gasteiger partial charge on any atom is 0.206 e. The number of fused-ring (bicyclic) bond motifs is 1. The molecule has 1 fully saturated rings. The Kier molecular flexibility index (Phi) is 3.22. The largest absolute Gasteiger partial charge is 0.484 e. The van der Waals surface area contributed by atoms with Gasteiger partial charge < -0.3 is 19.7 Å². The van der Waals surface area contributed by atoms with Gasteiger partial charge in [-0.25, -0.2) is 0 Å². The Labute approximate surface area is 112 Å². The lowest BCUT2D eigenvalue weighted by atomic mass is 10.1. The number of halogens is 1. The van der Waals surface area contributed by atoms with Crippen LogP contribution in [0.1, 0.15) is 6.92 Å². The molecule has 5 heteroatoms. The van der Waals surface area contributed by atoms with E-state index in [-0.39, 0.29) is 0 Å². The molecule has 1 N–H and O–H groups in total. The van der Waals surface area contributed by atoms with Gasteiger partial charge in [0.2, 0.25) is 5.56 Å². The predicted molar refractivity (Wildman–Crippen MR) is 71.9 cm³/mol. The molecule has 98 valence electrons. The van der Waals surface area contributed by atoms with Crippen molar-refractivity contribution in [1.82, 2.24) is 5.32 Å². The maximum atomic E-state index is 6.01.